The minimum atomic E-state index is -0.251. The van der Waals surface area contributed by atoms with Gasteiger partial charge in [0.05, 0.1) is 18.2 Å². The van der Waals surface area contributed by atoms with Gasteiger partial charge in [-0.25, -0.2) is 14.6 Å². The number of nitrogens with one attached hydrogen (secondary N) is 2. The maximum absolute atomic E-state index is 12.8. The third kappa shape index (κ3) is 4.51. The zero-order valence-electron chi connectivity index (χ0n) is 17.7. The van der Waals surface area contributed by atoms with E-state index in [0.29, 0.717) is 41.0 Å². The second-order valence-electron chi connectivity index (χ2n) is 7.64. The Hall–Kier alpha value is -3.46. The van der Waals surface area contributed by atoms with E-state index in [2.05, 4.69) is 32.3 Å². The highest BCUT2D eigenvalue weighted by molar-refractivity contribution is 5.93. The van der Waals surface area contributed by atoms with Crippen LogP contribution in [0.1, 0.15) is 29.6 Å². The number of nitrogens with zero attached hydrogens (tertiary/aromatic N) is 4. The van der Waals surface area contributed by atoms with Crippen molar-refractivity contribution in [3.8, 4) is 22.8 Å². The Labute approximate surface area is 180 Å². The fraction of sp³-hybridized carbons (Fsp3) is 0.364. The minimum absolute atomic E-state index is 0.164. The summed E-state index contributed by atoms with van der Waals surface area (Å²) >= 11 is 0. The number of pyridine rings is 2. The summed E-state index contributed by atoms with van der Waals surface area (Å²) in [5, 5.41) is 5.87. The first-order chi connectivity index (χ1) is 15.1. The fourth-order valence-corrected chi connectivity index (χ4v) is 3.89. The second-order valence-corrected chi connectivity index (χ2v) is 7.64. The largest absolute Gasteiger partial charge is 0.481 e. The Morgan fingerprint density at radius 3 is 2.90 bits per heavy atom. The average molecular weight is 422 g/mol. The number of likely N-dealkylation sites (tertiary alicyclic amines) is 1. The summed E-state index contributed by atoms with van der Waals surface area (Å²) < 4.78 is 6.46. The lowest BCUT2D eigenvalue weighted by molar-refractivity contribution is 0.0950. The number of aromatic nitrogens is 4. The highest BCUT2D eigenvalue weighted by atomic mass is 16.5. The smallest absolute Gasteiger partial charge is 0.280 e. The predicted octanol–water partition coefficient (Wildman–Crippen LogP) is 1.85. The molecule has 4 rings (SSSR count). The van der Waals surface area contributed by atoms with Crippen LogP contribution in [0.25, 0.3) is 16.9 Å². The van der Waals surface area contributed by atoms with E-state index < -0.39 is 0 Å². The Bertz CT molecular complexity index is 1100. The lowest BCUT2D eigenvalue weighted by Gasteiger charge is -2.19. The highest BCUT2D eigenvalue weighted by Crippen LogP contribution is 2.19. The molecule has 0 saturated carbocycles. The molecule has 1 saturated heterocycles. The number of aromatic amines is 1. The quantitative estimate of drug-likeness (QED) is 0.602. The zero-order valence-corrected chi connectivity index (χ0v) is 17.7. The van der Waals surface area contributed by atoms with Crippen LogP contribution < -0.4 is 15.6 Å². The fourth-order valence-electron chi connectivity index (χ4n) is 3.89. The van der Waals surface area contributed by atoms with Crippen LogP contribution in [0.4, 0.5) is 0 Å². The molecule has 1 fully saturated rings. The molecular formula is C22H26N6O3. The van der Waals surface area contributed by atoms with Crippen LogP contribution in [0.15, 0.2) is 47.7 Å². The van der Waals surface area contributed by atoms with Crippen molar-refractivity contribution < 1.29 is 9.53 Å². The molecule has 1 aliphatic rings. The van der Waals surface area contributed by atoms with E-state index in [0.717, 1.165) is 13.0 Å². The average Bonchev–Trinajstić information content (AvgIpc) is 3.39. The number of ether oxygens (including phenoxy) is 1. The topological polar surface area (TPSA) is 105 Å². The van der Waals surface area contributed by atoms with E-state index >= 15 is 0 Å². The number of hydrogen-bond acceptors (Lipinski definition) is 6. The summed E-state index contributed by atoms with van der Waals surface area (Å²) in [5.41, 5.74) is 1.37. The summed E-state index contributed by atoms with van der Waals surface area (Å²) in [6, 6.07) is 7.28. The van der Waals surface area contributed by atoms with Gasteiger partial charge in [-0.3, -0.25) is 14.7 Å². The van der Waals surface area contributed by atoms with Gasteiger partial charge >= 0.3 is 0 Å². The van der Waals surface area contributed by atoms with Crippen LogP contribution in [0.2, 0.25) is 0 Å². The van der Waals surface area contributed by atoms with Crippen molar-refractivity contribution in [3.63, 3.8) is 0 Å². The summed E-state index contributed by atoms with van der Waals surface area (Å²) in [4.78, 5) is 35.9. The van der Waals surface area contributed by atoms with Gasteiger partial charge in [0.2, 0.25) is 5.88 Å². The Kier molecular flexibility index (Phi) is 6.13. The molecule has 2 N–H and O–H groups in total. The van der Waals surface area contributed by atoms with Crippen LogP contribution in [-0.4, -0.2) is 63.8 Å². The second kappa shape index (κ2) is 9.13. The summed E-state index contributed by atoms with van der Waals surface area (Å²) in [7, 11) is 3.65. The number of carbonyl (C=O) groups excluding carboxylic acids is 1. The van der Waals surface area contributed by atoms with E-state index in [1.165, 1.54) is 30.8 Å². The van der Waals surface area contributed by atoms with Gasteiger partial charge in [-0.15, -0.1) is 0 Å². The molecule has 1 unspecified atom stereocenters. The van der Waals surface area contributed by atoms with Crippen molar-refractivity contribution in [3.05, 3.63) is 58.8 Å². The Balaban J connectivity index is 1.43. The predicted molar refractivity (Wildman–Crippen MR) is 117 cm³/mol. The number of methoxy groups -OCH3 is 1. The van der Waals surface area contributed by atoms with Crippen LogP contribution in [0, 0.1) is 0 Å². The summed E-state index contributed by atoms with van der Waals surface area (Å²) in [6.07, 6.45) is 8.01. The molecule has 4 heterocycles. The summed E-state index contributed by atoms with van der Waals surface area (Å²) in [6.45, 7) is 1.75. The molecule has 9 heteroatoms. The van der Waals surface area contributed by atoms with Crippen molar-refractivity contribution >= 4 is 5.91 Å². The van der Waals surface area contributed by atoms with Gasteiger partial charge < -0.3 is 15.0 Å². The van der Waals surface area contributed by atoms with E-state index in [1.807, 2.05) is 0 Å². The molecular weight excluding hydrogens is 396 g/mol. The van der Waals surface area contributed by atoms with Crippen molar-refractivity contribution in [1.82, 2.24) is 30.0 Å². The van der Waals surface area contributed by atoms with Gasteiger partial charge in [-0.1, -0.05) is 0 Å². The molecule has 3 aromatic heterocycles. The molecule has 1 amide bonds. The molecule has 0 bridgehead atoms. The van der Waals surface area contributed by atoms with Crippen LogP contribution in [0.3, 0.4) is 0 Å². The van der Waals surface area contributed by atoms with Gasteiger partial charge in [-0.2, -0.15) is 0 Å². The molecule has 1 atom stereocenters. The van der Waals surface area contributed by atoms with Crippen LogP contribution >= 0.6 is 0 Å². The summed E-state index contributed by atoms with van der Waals surface area (Å²) in [5.74, 6) is 0.669. The van der Waals surface area contributed by atoms with Gasteiger partial charge in [-0.05, 0) is 56.6 Å². The van der Waals surface area contributed by atoms with Crippen LogP contribution in [-0.2, 0) is 0 Å². The lowest BCUT2D eigenvalue weighted by atomic mass is 10.1. The normalized spacial score (nSPS) is 16.4. The first kappa shape index (κ1) is 20.8. The molecule has 1 aliphatic heterocycles. The first-order valence-electron chi connectivity index (χ1n) is 10.3. The maximum Gasteiger partial charge on any atom is 0.280 e. The first-order valence-corrected chi connectivity index (χ1v) is 10.3. The zero-order chi connectivity index (χ0) is 21.8. The molecule has 9 nitrogen and oxygen atoms in total. The molecule has 0 aliphatic carbocycles. The van der Waals surface area contributed by atoms with Gasteiger partial charge in [0.15, 0.2) is 5.82 Å². The number of hydrogen-bond donors (Lipinski definition) is 2. The molecule has 0 aromatic carbocycles. The van der Waals surface area contributed by atoms with Gasteiger partial charge in [0.1, 0.15) is 0 Å². The minimum Gasteiger partial charge on any atom is -0.481 e. The van der Waals surface area contributed by atoms with E-state index in [4.69, 9.17) is 4.74 Å². The number of carbonyl (C=O) groups is 1. The third-order valence-corrected chi connectivity index (χ3v) is 5.70. The van der Waals surface area contributed by atoms with E-state index in [-0.39, 0.29) is 11.5 Å². The third-order valence-electron chi connectivity index (χ3n) is 5.70. The monoisotopic (exact) mass is 422 g/mol. The standard InChI is InChI=1S/C22H26N6O3/c1-27-11-3-4-17(27)8-10-24-21(29)16-5-6-19(25-13-16)28-22(30)18(14-26-28)15-7-9-23-20(12-15)31-2/h5-7,9,12-14,17,26H,3-4,8,10-11H2,1-2H3,(H,24,29). The SMILES string of the molecule is COc1cc(-c2c[nH]n(-c3ccc(C(=O)NCCC4CCCN4C)cn3)c2=O)ccn1. The maximum atomic E-state index is 12.8. The van der Waals surface area contributed by atoms with Crippen molar-refractivity contribution in [2.45, 2.75) is 25.3 Å². The van der Waals surface area contributed by atoms with Crippen molar-refractivity contribution in [1.29, 1.82) is 0 Å². The Morgan fingerprint density at radius 2 is 2.19 bits per heavy atom. The number of H-pyrrole nitrogens is 1. The van der Waals surface area contributed by atoms with Gasteiger partial charge in [0, 0.05) is 37.2 Å². The van der Waals surface area contributed by atoms with Crippen LogP contribution in [0.5, 0.6) is 5.88 Å². The number of amides is 1. The van der Waals surface area contributed by atoms with Crippen molar-refractivity contribution in [2.75, 3.05) is 27.2 Å². The van der Waals surface area contributed by atoms with Gasteiger partial charge in [0.25, 0.3) is 11.5 Å². The molecule has 0 radical (unpaired) electrons. The molecule has 3 aromatic rings. The molecule has 31 heavy (non-hydrogen) atoms. The molecule has 162 valence electrons. The van der Waals surface area contributed by atoms with E-state index in [9.17, 15) is 9.59 Å². The van der Waals surface area contributed by atoms with E-state index in [1.54, 1.807) is 36.7 Å². The van der Waals surface area contributed by atoms with Crippen molar-refractivity contribution in [2.24, 2.45) is 0 Å². The Morgan fingerprint density at radius 1 is 1.32 bits per heavy atom. The highest BCUT2D eigenvalue weighted by Gasteiger charge is 2.20. The molecule has 0 spiro atoms. The number of rotatable bonds is 7. The lowest BCUT2D eigenvalue weighted by Crippen LogP contribution is -2.31.